The molecule has 0 aromatic heterocycles. The SMILES string of the molecule is CCCCOC1c2ccccc2C(OCCCC)c2ccccc21. The van der Waals surface area contributed by atoms with Gasteiger partial charge in [-0.3, -0.25) is 0 Å². The summed E-state index contributed by atoms with van der Waals surface area (Å²) in [6.07, 6.45) is 4.54. The molecular weight excluding hydrogens is 296 g/mol. The molecule has 0 radical (unpaired) electrons. The molecule has 1 aliphatic rings. The molecule has 2 heteroatoms. The number of hydrogen-bond acceptors (Lipinski definition) is 2. The van der Waals surface area contributed by atoms with E-state index in [2.05, 4.69) is 62.4 Å². The third kappa shape index (κ3) is 3.55. The number of benzene rings is 2. The van der Waals surface area contributed by atoms with Crippen LogP contribution >= 0.6 is 0 Å². The average molecular weight is 324 g/mol. The third-order valence-corrected chi connectivity index (χ3v) is 4.69. The number of rotatable bonds is 8. The zero-order valence-corrected chi connectivity index (χ0v) is 14.8. The zero-order chi connectivity index (χ0) is 16.8. The van der Waals surface area contributed by atoms with Crippen LogP contribution in [0.2, 0.25) is 0 Å². The van der Waals surface area contributed by atoms with E-state index in [0.717, 1.165) is 38.9 Å². The molecule has 2 aromatic carbocycles. The normalized spacial score (nSPS) is 18.9. The summed E-state index contributed by atoms with van der Waals surface area (Å²) in [6.45, 7) is 5.99. The molecule has 24 heavy (non-hydrogen) atoms. The third-order valence-electron chi connectivity index (χ3n) is 4.69. The van der Waals surface area contributed by atoms with Gasteiger partial charge in [-0.15, -0.1) is 0 Å². The van der Waals surface area contributed by atoms with Crippen molar-refractivity contribution in [1.82, 2.24) is 0 Å². The Balaban J connectivity index is 1.96. The maximum absolute atomic E-state index is 6.29. The summed E-state index contributed by atoms with van der Waals surface area (Å²) < 4.78 is 12.6. The summed E-state index contributed by atoms with van der Waals surface area (Å²) in [7, 11) is 0. The topological polar surface area (TPSA) is 18.5 Å². The first-order chi connectivity index (χ1) is 11.9. The first-order valence-corrected chi connectivity index (χ1v) is 9.27. The number of ether oxygens (including phenoxy) is 2. The summed E-state index contributed by atoms with van der Waals surface area (Å²) in [4.78, 5) is 0. The Morgan fingerprint density at radius 2 is 0.958 bits per heavy atom. The zero-order valence-electron chi connectivity index (χ0n) is 14.8. The van der Waals surface area contributed by atoms with Gasteiger partial charge in [0.25, 0.3) is 0 Å². The lowest BCUT2D eigenvalue weighted by Gasteiger charge is -2.34. The van der Waals surface area contributed by atoms with E-state index in [1.165, 1.54) is 22.3 Å². The summed E-state index contributed by atoms with van der Waals surface area (Å²) in [5.74, 6) is 0. The standard InChI is InChI=1S/C22H28O2/c1-3-5-15-23-21-17-11-7-9-13-19(17)22(24-16-6-4-2)20-14-10-8-12-18(20)21/h7-14,21-22H,3-6,15-16H2,1-2H3. The smallest absolute Gasteiger partial charge is 0.108 e. The lowest BCUT2D eigenvalue weighted by Crippen LogP contribution is -2.22. The van der Waals surface area contributed by atoms with Crippen molar-refractivity contribution in [2.24, 2.45) is 0 Å². The Labute approximate surface area is 145 Å². The highest BCUT2D eigenvalue weighted by Crippen LogP contribution is 2.44. The van der Waals surface area contributed by atoms with Crippen LogP contribution in [0.5, 0.6) is 0 Å². The second kappa shape index (κ2) is 8.46. The predicted molar refractivity (Wildman–Crippen MR) is 98.3 cm³/mol. The molecule has 2 aromatic rings. The molecule has 1 aliphatic carbocycles. The van der Waals surface area contributed by atoms with Crippen LogP contribution in [0.15, 0.2) is 48.5 Å². The molecule has 0 spiro atoms. The highest BCUT2D eigenvalue weighted by molar-refractivity contribution is 5.50. The first-order valence-electron chi connectivity index (χ1n) is 9.27. The summed E-state index contributed by atoms with van der Waals surface area (Å²) in [5, 5.41) is 0. The van der Waals surface area contributed by atoms with Crippen molar-refractivity contribution in [2.75, 3.05) is 13.2 Å². The minimum atomic E-state index is 0.0231. The molecule has 0 saturated heterocycles. The first kappa shape index (κ1) is 17.2. The molecule has 0 amide bonds. The minimum absolute atomic E-state index is 0.0231. The van der Waals surface area contributed by atoms with Crippen LogP contribution in [-0.4, -0.2) is 13.2 Å². The van der Waals surface area contributed by atoms with Gasteiger partial charge in [0.15, 0.2) is 0 Å². The van der Waals surface area contributed by atoms with Crippen molar-refractivity contribution in [3.05, 3.63) is 70.8 Å². The van der Waals surface area contributed by atoms with E-state index in [9.17, 15) is 0 Å². The van der Waals surface area contributed by atoms with Crippen molar-refractivity contribution >= 4 is 0 Å². The van der Waals surface area contributed by atoms with Gasteiger partial charge in [-0.25, -0.2) is 0 Å². The Morgan fingerprint density at radius 3 is 1.25 bits per heavy atom. The quantitative estimate of drug-likeness (QED) is 0.570. The summed E-state index contributed by atoms with van der Waals surface area (Å²) in [6, 6.07) is 17.2. The van der Waals surface area contributed by atoms with Gasteiger partial charge in [-0.1, -0.05) is 75.2 Å². The highest BCUT2D eigenvalue weighted by Gasteiger charge is 2.32. The fraction of sp³-hybridized carbons (Fsp3) is 0.455. The van der Waals surface area contributed by atoms with Crippen LogP contribution in [0.4, 0.5) is 0 Å². The van der Waals surface area contributed by atoms with Crippen LogP contribution in [0, 0.1) is 0 Å². The van der Waals surface area contributed by atoms with E-state index in [1.54, 1.807) is 0 Å². The molecule has 0 atom stereocenters. The van der Waals surface area contributed by atoms with Crippen molar-refractivity contribution in [3.8, 4) is 0 Å². The molecule has 0 unspecified atom stereocenters. The van der Waals surface area contributed by atoms with Gasteiger partial charge in [-0.05, 0) is 35.1 Å². The summed E-state index contributed by atoms with van der Waals surface area (Å²) in [5.41, 5.74) is 5.03. The Bertz CT molecular complexity index is 546. The van der Waals surface area contributed by atoms with E-state index >= 15 is 0 Å². The Hall–Kier alpha value is -1.64. The number of hydrogen-bond donors (Lipinski definition) is 0. The maximum atomic E-state index is 6.29. The van der Waals surface area contributed by atoms with Crippen LogP contribution in [0.3, 0.4) is 0 Å². The van der Waals surface area contributed by atoms with Gasteiger partial charge >= 0.3 is 0 Å². The molecule has 0 fully saturated rings. The van der Waals surface area contributed by atoms with Gasteiger partial charge in [0.2, 0.25) is 0 Å². The monoisotopic (exact) mass is 324 g/mol. The molecule has 0 heterocycles. The molecule has 0 saturated carbocycles. The largest absolute Gasteiger partial charge is 0.369 e. The molecule has 128 valence electrons. The van der Waals surface area contributed by atoms with Crippen molar-refractivity contribution < 1.29 is 9.47 Å². The van der Waals surface area contributed by atoms with E-state index in [0.29, 0.717) is 0 Å². The average Bonchev–Trinajstić information content (AvgIpc) is 2.63. The molecular formula is C22H28O2. The second-order valence-corrected chi connectivity index (χ2v) is 6.47. The lowest BCUT2D eigenvalue weighted by molar-refractivity contribution is 0.0469. The van der Waals surface area contributed by atoms with Crippen LogP contribution in [-0.2, 0) is 9.47 Å². The molecule has 0 bridgehead atoms. The lowest BCUT2D eigenvalue weighted by atomic mass is 9.82. The van der Waals surface area contributed by atoms with Gasteiger partial charge in [-0.2, -0.15) is 0 Å². The second-order valence-electron chi connectivity index (χ2n) is 6.47. The van der Waals surface area contributed by atoms with Crippen molar-refractivity contribution in [3.63, 3.8) is 0 Å². The van der Waals surface area contributed by atoms with Crippen molar-refractivity contribution in [1.29, 1.82) is 0 Å². The Morgan fingerprint density at radius 1 is 0.625 bits per heavy atom. The van der Waals surface area contributed by atoms with E-state index < -0.39 is 0 Å². The van der Waals surface area contributed by atoms with E-state index in [-0.39, 0.29) is 12.2 Å². The van der Waals surface area contributed by atoms with Gasteiger partial charge in [0.1, 0.15) is 12.2 Å². The minimum Gasteiger partial charge on any atom is -0.369 e. The van der Waals surface area contributed by atoms with Gasteiger partial charge in [0, 0.05) is 13.2 Å². The van der Waals surface area contributed by atoms with Gasteiger partial charge in [0.05, 0.1) is 0 Å². The molecule has 0 N–H and O–H groups in total. The fourth-order valence-electron chi connectivity index (χ4n) is 3.36. The maximum Gasteiger partial charge on any atom is 0.108 e. The predicted octanol–water partition coefficient (Wildman–Crippen LogP) is 5.81. The van der Waals surface area contributed by atoms with Crippen LogP contribution in [0.1, 0.15) is 74.0 Å². The molecule has 3 rings (SSSR count). The number of unbranched alkanes of at least 4 members (excludes halogenated alkanes) is 2. The number of fused-ring (bicyclic) bond motifs is 2. The van der Waals surface area contributed by atoms with Crippen molar-refractivity contribution in [2.45, 2.75) is 51.7 Å². The molecule has 2 nitrogen and oxygen atoms in total. The van der Waals surface area contributed by atoms with Crippen LogP contribution in [0.25, 0.3) is 0 Å². The fourth-order valence-corrected chi connectivity index (χ4v) is 3.36. The Kier molecular flexibility index (Phi) is 6.06. The summed E-state index contributed by atoms with van der Waals surface area (Å²) >= 11 is 0. The van der Waals surface area contributed by atoms with E-state index in [1.807, 2.05) is 0 Å². The van der Waals surface area contributed by atoms with Gasteiger partial charge < -0.3 is 9.47 Å². The van der Waals surface area contributed by atoms with E-state index in [4.69, 9.17) is 9.47 Å². The van der Waals surface area contributed by atoms with Crippen LogP contribution < -0.4 is 0 Å². The highest BCUT2D eigenvalue weighted by atomic mass is 16.5. The molecule has 0 aliphatic heterocycles.